The van der Waals surface area contributed by atoms with Gasteiger partial charge in [0.05, 0.1) is 5.69 Å². The van der Waals surface area contributed by atoms with Gasteiger partial charge in [0.2, 0.25) is 0 Å². The fraction of sp³-hybridized carbons (Fsp3) is 0.0385. The molecule has 0 saturated carbocycles. The SMILES string of the molecule is Cc1cc(Br)ccc1N1C(=O)NC(=O)/C(=C\c2cccn2-c2ccc3ccccc3c2)C1=O. The number of nitrogens with one attached hydrogen (secondary N) is 1. The summed E-state index contributed by atoms with van der Waals surface area (Å²) in [5.41, 5.74) is 2.57. The quantitative estimate of drug-likeness (QED) is 0.304. The third-order valence-corrected chi connectivity index (χ3v) is 6.08. The zero-order valence-electron chi connectivity index (χ0n) is 17.6. The number of rotatable bonds is 3. The van der Waals surface area contributed by atoms with E-state index < -0.39 is 17.8 Å². The van der Waals surface area contributed by atoms with E-state index in [1.165, 1.54) is 6.08 Å². The summed E-state index contributed by atoms with van der Waals surface area (Å²) in [5, 5.41) is 4.48. The van der Waals surface area contributed by atoms with Gasteiger partial charge in [0.25, 0.3) is 11.8 Å². The number of nitrogens with zero attached hydrogens (tertiary/aromatic N) is 2. The van der Waals surface area contributed by atoms with Gasteiger partial charge in [-0.2, -0.15) is 0 Å². The number of carbonyl (C=O) groups excluding carboxylic acids is 3. The molecule has 7 heteroatoms. The number of aryl methyl sites for hydroxylation is 1. The molecular formula is C26H18BrN3O3. The minimum absolute atomic E-state index is 0.113. The van der Waals surface area contributed by atoms with Crippen LogP contribution in [0.1, 0.15) is 11.3 Å². The maximum atomic E-state index is 13.3. The highest BCUT2D eigenvalue weighted by Crippen LogP contribution is 2.28. The van der Waals surface area contributed by atoms with E-state index in [0.29, 0.717) is 11.4 Å². The van der Waals surface area contributed by atoms with Gasteiger partial charge < -0.3 is 4.57 Å². The first-order valence-corrected chi connectivity index (χ1v) is 11.1. The lowest BCUT2D eigenvalue weighted by Crippen LogP contribution is -2.54. The Morgan fingerprint density at radius 3 is 2.45 bits per heavy atom. The van der Waals surface area contributed by atoms with Crippen molar-refractivity contribution in [1.29, 1.82) is 0 Å². The molecule has 4 amide bonds. The third kappa shape index (κ3) is 3.76. The molecule has 0 bridgehead atoms. The molecule has 1 aliphatic heterocycles. The second-order valence-electron chi connectivity index (χ2n) is 7.72. The number of anilines is 1. The normalized spacial score (nSPS) is 15.4. The molecule has 0 atom stereocenters. The molecule has 5 rings (SSSR count). The van der Waals surface area contributed by atoms with Gasteiger partial charge in [0, 0.05) is 22.1 Å². The van der Waals surface area contributed by atoms with E-state index >= 15 is 0 Å². The largest absolute Gasteiger partial charge is 0.335 e. The number of barbiturate groups is 1. The van der Waals surface area contributed by atoms with Crippen LogP contribution < -0.4 is 10.2 Å². The van der Waals surface area contributed by atoms with Crippen molar-refractivity contribution in [3.63, 3.8) is 0 Å². The molecular weight excluding hydrogens is 482 g/mol. The fourth-order valence-corrected chi connectivity index (χ4v) is 4.44. The van der Waals surface area contributed by atoms with E-state index in [9.17, 15) is 14.4 Å². The van der Waals surface area contributed by atoms with E-state index in [0.717, 1.165) is 31.4 Å². The lowest BCUT2D eigenvalue weighted by Gasteiger charge is -2.27. The Morgan fingerprint density at radius 1 is 0.879 bits per heavy atom. The van der Waals surface area contributed by atoms with Crippen LogP contribution in [-0.2, 0) is 9.59 Å². The highest BCUT2D eigenvalue weighted by molar-refractivity contribution is 9.10. The first-order chi connectivity index (χ1) is 15.9. The average molecular weight is 500 g/mol. The number of fused-ring (bicyclic) bond motifs is 1. The molecule has 0 aliphatic carbocycles. The van der Waals surface area contributed by atoms with Crippen LogP contribution in [0.15, 0.2) is 89.0 Å². The van der Waals surface area contributed by atoms with Gasteiger partial charge in [-0.25, -0.2) is 9.69 Å². The Labute approximate surface area is 198 Å². The highest BCUT2D eigenvalue weighted by atomic mass is 79.9. The van der Waals surface area contributed by atoms with Crippen molar-refractivity contribution in [1.82, 2.24) is 9.88 Å². The van der Waals surface area contributed by atoms with E-state index in [1.54, 1.807) is 25.1 Å². The molecule has 1 N–H and O–H groups in total. The molecule has 1 fully saturated rings. The fourth-order valence-electron chi connectivity index (χ4n) is 3.97. The van der Waals surface area contributed by atoms with Crippen LogP contribution in [-0.4, -0.2) is 22.4 Å². The maximum absolute atomic E-state index is 13.3. The topological polar surface area (TPSA) is 71.4 Å². The minimum atomic E-state index is -0.766. The lowest BCUT2D eigenvalue weighted by molar-refractivity contribution is -0.122. The number of hydrogen-bond donors (Lipinski definition) is 1. The second kappa shape index (κ2) is 8.18. The molecule has 1 saturated heterocycles. The zero-order valence-corrected chi connectivity index (χ0v) is 19.2. The predicted octanol–water partition coefficient (Wildman–Crippen LogP) is 5.37. The van der Waals surface area contributed by atoms with Gasteiger partial charge in [0.1, 0.15) is 5.57 Å². The minimum Gasteiger partial charge on any atom is -0.317 e. The molecule has 6 nitrogen and oxygen atoms in total. The van der Waals surface area contributed by atoms with Crippen LogP contribution >= 0.6 is 15.9 Å². The summed E-state index contributed by atoms with van der Waals surface area (Å²) < 4.78 is 2.72. The van der Waals surface area contributed by atoms with Crippen molar-refractivity contribution in [3.8, 4) is 5.69 Å². The summed E-state index contributed by atoms with van der Waals surface area (Å²) in [4.78, 5) is 39.4. The Kier molecular flexibility index (Phi) is 5.18. The summed E-state index contributed by atoms with van der Waals surface area (Å²) in [6.07, 6.45) is 3.38. The molecule has 1 aromatic heterocycles. The maximum Gasteiger partial charge on any atom is 0.335 e. The summed E-state index contributed by atoms with van der Waals surface area (Å²) in [5.74, 6) is -1.39. The molecule has 3 aromatic carbocycles. The highest BCUT2D eigenvalue weighted by Gasteiger charge is 2.37. The van der Waals surface area contributed by atoms with Crippen molar-refractivity contribution in [2.45, 2.75) is 6.92 Å². The third-order valence-electron chi connectivity index (χ3n) is 5.59. The van der Waals surface area contributed by atoms with Gasteiger partial charge in [-0.05, 0) is 71.8 Å². The average Bonchev–Trinajstić information content (AvgIpc) is 3.26. The molecule has 2 heterocycles. The molecule has 162 valence electrons. The lowest BCUT2D eigenvalue weighted by atomic mass is 10.1. The number of halogens is 1. The van der Waals surface area contributed by atoms with Gasteiger partial charge >= 0.3 is 6.03 Å². The van der Waals surface area contributed by atoms with E-state index in [4.69, 9.17) is 0 Å². The van der Waals surface area contributed by atoms with Gasteiger partial charge in [-0.1, -0.05) is 46.3 Å². The molecule has 1 aliphatic rings. The van der Waals surface area contributed by atoms with Crippen LogP contribution in [0.5, 0.6) is 0 Å². The number of hydrogen-bond acceptors (Lipinski definition) is 3. The van der Waals surface area contributed by atoms with E-state index in [1.807, 2.05) is 65.4 Å². The predicted molar refractivity (Wildman–Crippen MR) is 131 cm³/mol. The van der Waals surface area contributed by atoms with E-state index in [-0.39, 0.29) is 5.57 Å². The van der Waals surface area contributed by atoms with Crippen molar-refractivity contribution in [2.24, 2.45) is 0 Å². The zero-order chi connectivity index (χ0) is 23.1. The van der Waals surface area contributed by atoms with Crippen molar-refractivity contribution >= 4 is 56.3 Å². The Balaban J connectivity index is 1.56. The molecule has 4 aromatic rings. The molecule has 0 unspecified atom stereocenters. The first kappa shape index (κ1) is 20.9. The van der Waals surface area contributed by atoms with Crippen LogP contribution in [0.3, 0.4) is 0 Å². The van der Waals surface area contributed by atoms with Crippen molar-refractivity contribution in [3.05, 3.63) is 100 Å². The van der Waals surface area contributed by atoms with Crippen LogP contribution in [0.25, 0.3) is 22.5 Å². The molecule has 0 spiro atoms. The summed E-state index contributed by atoms with van der Waals surface area (Å²) in [7, 11) is 0. The Morgan fingerprint density at radius 2 is 1.67 bits per heavy atom. The number of benzene rings is 3. The molecule has 33 heavy (non-hydrogen) atoms. The Bertz CT molecular complexity index is 1490. The first-order valence-electron chi connectivity index (χ1n) is 10.3. The van der Waals surface area contributed by atoms with Crippen molar-refractivity contribution in [2.75, 3.05) is 4.90 Å². The number of aromatic nitrogens is 1. The summed E-state index contributed by atoms with van der Waals surface area (Å²) in [6, 6.07) is 22.2. The van der Waals surface area contributed by atoms with Gasteiger partial charge in [-0.15, -0.1) is 0 Å². The summed E-state index contributed by atoms with van der Waals surface area (Å²) in [6.45, 7) is 1.80. The van der Waals surface area contributed by atoms with Crippen LogP contribution in [0.4, 0.5) is 10.5 Å². The molecule has 0 radical (unpaired) electrons. The standard InChI is InChI=1S/C26H18BrN3O3/c1-16-13-19(27)9-11-23(16)30-25(32)22(24(31)28-26(30)33)15-20-7-4-12-29(20)21-10-8-17-5-2-3-6-18(17)14-21/h2-15H,1H3,(H,28,31,33)/b22-15+. The van der Waals surface area contributed by atoms with Crippen LogP contribution in [0, 0.1) is 6.92 Å². The number of imide groups is 2. The van der Waals surface area contributed by atoms with Gasteiger partial charge in [0.15, 0.2) is 0 Å². The number of urea groups is 1. The van der Waals surface area contributed by atoms with Crippen molar-refractivity contribution < 1.29 is 14.4 Å². The second-order valence-corrected chi connectivity index (χ2v) is 8.64. The smallest absolute Gasteiger partial charge is 0.317 e. The monoisotopic (exact) mass is 499 g/mol. The van der Waals surface area contributed by atoms with Crippen LogP contribution in [0.2, 0.25) is 0 Å². The summed E-state index contributed by atoms with van der Waals surface area (Å²) >= 11 is 3.38. The van der Waals surface area contributed by atoms with Gasteiger partial charge in [-0.3, -0.25) is 14.9 Å². The van der Waals surface area contributed by atoms with E-state index in [2.05, 4.69) is 21.2 Å². The number of carbonyl (C=O) groups is 3. The number of amides is 4. The Hall–Kier alpha value is -3.97.